The summed E-state index contributed by atoms with van der Waals surface area (Å²) in [5.74, 6) is 0.983. The highest BCUT2D eigenvalue weighted by Gasteiger charge is 2.20. The van der Waals surface area contributed by atoms with Crippen molar-refractivity contribution in [1.82, 2.24) is 19.5 Å². The monoisotopic (exact) mass is 229 g/mol. The van der Waals surface area contributed by atoms with Gasteiger partial charge in [0.05, 0.1) is 12.5 Å². The quantitative estimate of drug-likeness (QED) is 0.783. The van der Waals surface area contributed by atoms with E-state index in [0.29, 0.717) is 6.04 Å². The third-order valence-electron chi connectivity index (χ3n) is 3.28. The van der Waals surface area contributed by atoms with E-state index in [9.17, 15) is 0 Å². The lowest BCUT2D eigenvalue weighted by Gasteiger charge is -2.33. The van der Waals surface area contributed by atoms with Crippen molar-refractivity contribution in [2.75, 3.05) is 18.0 Å². The summed E-state index contributed by atoms with van der Waals surface area (Å²) in [5, 5.41) is 0. The van der Waals surface area contributed by atoms with Gasteiger partial charge >= 0.3 is 0 Å². The van der Waals surface area contributed by atoms with E-state index in [4.69, 9.17) is 0 Å². The summed E-state index contributed by atoms with van der Waals surface area (Å²) in [6.45, 7) is 2.06. The molecule has 0 N–H and O–H groups in total. The van der Waals surface area contributed by atoms with E-state index in [1.165, 1.54) is 0 Å². The summed E-state index contributed by atoms with van der Waals surface area (Å²) in [4.78, 5) is 14.8. The van der Waals surface area contributed by atoms with Crippen LogP contribution in [0.5, 0.6) is 0 Å². The van der Waals surface area contributed by atoms with E-state index >= 15 is 0 Å². The Bertz CT molecular complexity index is 445. The second-order valence-corrected chi connectivity index (χ2v) is 4.29. The van der Waals surface area contributed by atoms with E-state index in [1.54, 1.807) is 12.4 Å². The van der Waals surface area contributed by atoms with Gasteiger partial charge in [-0.1, -0.05) is 0 Å². The molecule has 3 heterocycles. The molecule has 17 heavy (non-hydrogen) atoms. The van der Waals surface area contributed by atoms with Crippen molar-refractivity contribution in [2.24, 2.45) is 0 Å². The van der Waals surface area contributed by atoms with E-state index in [1.807, 2.05) is 24.9 Å². The first-order valence-corrected chi connectivity index (χ1v) is 5.92. The number of imidazole rings is 1. The normalized spacial score (nSPS) is 17.3. The van der Waals surface area contributed by atoms with Crippen molar-refractivity contribution in [1.29, 1.82) is 0 Å². The molecule has 2 aromatic heterocycles. The SMILES string of the molecule is c1cnc(N2CCC(n3ccnc3)CC2)cn1. The smallest absolute Gasteiger partial charge is 0.147 e. The van der Waals surface area contributed by atoms with Crippen LogP contribution in [0.25, 0.3) is 0 Å². The zero-order chi connectivity index (χ0) is 11.5. The molecular weight excluding hydrogens is 214 g/mol. The molecule has 1 fully saturated rings. The fourth-order valence-corrected chi connectivity index (χ4v) is 2.33. The van der Waals surface area contributed by atoms with Gasteiger partial charge in [0, 0.05) is 43.9 Å². The summed E-state index contributed by atoms with van der Waals surface area (Å²) in [5.41, 5.74) is 0. The molecule has 0 saturated carbocycles. The van der Waals surface area contributed by atoms with Crippen molar-refractivity contribution < 1.29 is 0 Å². The third-order valence-corrected chi connectivity index (χ3v) is 3.28. The predicted octanol–water partition coefficient (Wildman–Crippen LogP) is 1.51. The highest BCUT2D eigenvalue weighted by atomic mass is 15.2. The summed E-state index contributed by atoms with van der Waals surface area (Å²) in [7, 11) is 0. The summed E-state index contributed by atoms with van der Waals surface area (Å²) < 4.78 is 2.20. The molecule has 0 aromatic carbocycles. The maximum atomic E-state index is 4.33. The van der Waals surface area contributed by atoms with Gasteiger partial charge in [-0.25, -0.2) is 9.97 Å². The molecule has 1 aliphatic rings. The number of anilines is 1. The molecule has 88 valence electrons. The molecule has 0 bridgehead atoms. The molecule has 0 amide bonds. The highest BCUT2D eigenvalue weighted by molar-refractivity contribution is 5.35. The van der Waals surface area contributed by atoms with Gasteiger partial charge in [0.2, 0.25) is 0 Å². The van der Waals surface area contributed by atoms with Gasteiger partial charge in [-0.15, -0.1) is 0 Å². The standard InChI is InChI=1S/C12H15N5/c1-6-16(12-9-13-3-4-15-12)7-2-11(1)17-8-5-14-10-17/h3-5,8-11H,1-2,6-7H2. The molecule has 1 saturated heterocycles. The fraction of sp³-hybridized carbons (Fsp3) is 0.417. The molecule has 0 atom stereocenters. The number of hydrogen-bond acceptors (Lipinski definition) is 4. The summed E-state index contributed by atoms with van der Waals surface area (Å²) in [6.07, 6.45) is 13.3. The Hall–Kier alpha value is -1.91. The molecule has 3 rings (SSSR count). The number of rotatable bonds is 2. The van der Waals surface area contributed by atoms with Gasteiger partial charge in [0.25, 0.3) is 0 Å². The van der Waals surface area contributed by atoms with Crippen molar-refractivity contribution in [3.63, 3.8) is 0 Å². The van der Waals surface area contributed by atoms with Gasteiger partial charge in [-0.2, -0.15) is 0 Å². The number of piperidine rings is 1. The summed E-state index contributed by atoms with van der Waals surface area (Å²) >= 11 is 0. The van der Waals surface area contributed by atoms with Crippen LogP contribution in [0, 0.1) is 0 Å². The lowest BCUT2D eigenvalue weighted by molar-refractivity contribution is 0.394. The van der Waals surface area contributed by atoms with Gasteiger partial charge in [-0.3, -0.25) is 4.98 Å². The Labute approximate surface area is 100 Å². The second-order valence-electron chi connectivity index (χ2n) is 4.29. The molecule has 5 heteroatoms. The van der Waals surface area contributed by atoms with E-state index in [2.05, 4.69) is 24.4 Å². The maximum Gasteiger partial charge on any atom is 0.147 e. The van der Waals surface area contributed by atoms with Gasteiger partial charge in [0.1, 0.15) is 5.82 Å². The lowest BCUT2D eigenvalue weighted by atomic mass is 10.1. The molecule has 0 unspecified atom stereocenters. The van der Waals surface area contributed by atoms with Crippen LogP contribution >= 0.6 is 0 Å². The molecule has 0 radical (unpaired) electrons. The van der Waals surface area contributed by atoms with Gasteiger partial charge in [0.15, 0.2) is 0 Å². The Morgan fingerprint density at radius 3 is 2.59 bits per heavy atom. The van der Waals surface area contributed by atoms with Crippen molar-refractivity contribution in [2.45, 2.75) is 18.9 Å². The Balaban J connectivity index is 1.65. The minimum atomic E-state index is 0.574. The van der Waals surface area contributed by atoms with Crippen LogP contribution in [0.2, 0.25) is 0 Å². The minimum absolute atomic E-state index is 0.574. The van der Waals surface area contributed by atoms with Gasteiger partial charge in [-0.05, 0) is 12.8 Å². The molecule has 1 aliphatic heterocycles. The number of aromatic nitrogens is 4. The van der Waals surface area contributed by atoms with Crippen molar-refractivity contribution >= 4 is 5.82 Å². The van der Waals surface area contributed by atoms with Crippen LogP contribution in [0.3, 0.4) is 0 Å². The number of hydrogen-bond donors (Lipinski definition) is 0. The van der Waals surface area contributed by atoms with Crippen molar-refractivity contribution in [3.8, 4) is 0 Å². The van der Waals surface area contributed by atoms with Crippen LogP contribution in [0.4, 0.5) is 5.82 Å². The highest BCUT2D eigenvalue weighted by Crippen LogP contribution is 2.24. The Kier molecular flexibility index (Phi) is 2.73. The third kappa shape index (κ3) is 2.13. The second kappa shape index (κ2) is 4.53. The van der Waals surface area contributed by atoms with Crippen LogP contribution < -0.4 is 4.90 Å². The Morgan fingerprint density at radius 2 is 1.94 bits per heavy atom. The minimum Gasteiger partial charge on any atom is -0.355 e. The first-order chi connectivity index (χ1) is 8.43. The van der Waals surface area contributed by atoms with E-state index in [-0.39, 0.29) is 0 Å². The van der Waals surface area contributed by atoms with Crippen LogP contribution in [-0.2, 0) is 0 Å². The lowest BCUT2D eigenvalue weighted by Crippen LogP contribution is -2.34. The molecule has 5 nitrogen and oxygen atoms in total. The zero-order valence-corrected chi connectivity index (χ0v) is 9.61. The fourth-order valence-electron chi connectivity index (χ4n) is 2.33. The molecular formula is C12H15N5. The number of nitrogens with zero attached hydrogens (tertiary/aromatic N) is 5. The molecule has 0 aliphatic carbocycles. The van der Waals surface area contributed by atoms with E-state index in [0.717, 1.165) is 31.7 Å². The van der Waals surface area contributed by atoms with E-state index < -0.39 is 0 Å². The predicted molar refractivity (Wildman–Crippen MR) is 64.7 cm³/mol. The maximum absolute atomic E-state index is 4.33. The average Bonchev–Trinajstić information content (AvgIpc) is 2.94. The first-order valence-electron chi connectivity index (χ1n) is 5.92. The first kappa shape index (κ1) is 10.3. The Morgan fingerprint density at radius 1 is 1.06 bits per heavy atom. The largest absolute Gasteiger partial charge is 0.355 e. The van der Waals surface area contributed by atoms with Crippen LogP contribution in [-0.4, -0.2) is 32.6 Å². The topological polar surface area (TPSA) is 46.8 Å². The zero-order valence-electron chi connectivity index (χ0n) is 9.61. The van der Waals surface area contributed by atoms with Crippen molar-refractivity contribution in [3.05, 3.63) is 37.3 Å². The van der Waals surface area contributed by atoms with Crippen LogP contribution in [0.15, 0.2) is 37.3 Å². The van der Waals surface area contributed by atoms with Gasteiger partial charge < -0.3 is 9.47 Å². The summed E-state index contributed by atoms with van der Waals surface area (Å²) in [6, 6.07) is 0.574. The van der Waals surface area contributed by atoms with Crippen LogP contribution in [0.1, 0.15) is 18.9 Å². The molecule has 0 spiro atoms. The molecule has 2 aromatic rings. The average molecular weight is 229 g/mol.